The molecule has 0 atom stereocenters. The maximum absolute atomic E-state index is 11.3. The highest BCUT2D eigenvalue weighted by molar-refractivity contribution is 5.99. The van der Waals surface area contributed by atoms with Crippen LogP contribution in [0.4, 0.5) is 0 Å². The number of hydrogen-bond donors (Lipinski definition) is 2. The van der Waals surface area contributed by atoms with Crippen molar-refractivity contribution in [3.8, 4) is 5.75 Å². The average Bonchev–Trinajstić information content (AvgIpc) is 2.42. The second kappa shape index (κ2) is 4.04. The van der Waals surface area contributed by atoms with E-state index >= 15 is 0 Å². The first-order chi connectivity index (χ1) is 6.99. The summed E-state index contributed by atoms with van der Waals surface area (Å²) in [6, 6.07) is 0. The van der Waals surface area contributed by atoms with Crippen molar-refractivity contribution >= 4 is 11.9 Å². The third-order valence-electron chi connectivity index (χ3n) is 1.85. The van der Waals surface area contributed by atoms with Crippen molar-refractivity contribution in [1.82, 2.24) is 4.57 Å². The van der Waals surface area contributed by atoms with Crippen LogP contribution in [0, 0.1) is 0 Å². The van der Waals surface area contributed by atoms with Crippen LogP contribution in [0.5, 0.6) is 5.75 Å². The van der Waals surface area contributed by atoms with Gasteiger partial charge < -0.3 is 19.5 Å². The van der Waals surface area contributed by atoms with Crippen LogP contribution < -0.4 is 0 Å². The van der Waals surface area contributed by atoms with Crippen molar-refractivity contribution < 1.29 is 24.5 Å². The highest BCUT2D eigenvalue weighted by atomic mass is 16.5. The highest BCUT2D eigenvalue weighted by Crippen LogP contribution is 2.24. The highest BCUT2D eigenvalue weighted by Gasteiger charge is 2.23. The van der Waals surface area contributed by atoms with Gasteiger partial charge in [0.25, 0.3) is 0 Å². The fourth-order valence-electron chi connectivity index (χ4n) is 1.22. The second-order valence-corrected chi connectivity index (χ2v) is 2.88. The number of esters is 1. The minimum Gasteiger partial charge on any atom is -0.505 e. The number of hydrogen-bond acceptors (Lipinski definition) is 4. The van der Waals surface area contributed by atoms with Crippen LogP contribution in [0.15, 0.2) is 6.20 Å². The molecule has 0 aliphatic heterocycles. The summed E-state index contributed by atoms with van der Waals surface area (Å²) in [4.78, 5) is 22.0. The Labute approximate surface area is 85.7 Å². The van der Waals surface area contributed by atoms with Gasteiger partial charge in [0.1, 0.15) is 5.56 Å². The number of aromatic nitrogens is 1. The molecule has 0 amide bonds. The van der Waals surface area contributed by atoms with E-state index in [0.29, 0.717) is 0 Å². The topological polar surface area (TPSA) is 88.8 Å². The van der Waals surface area contributed by atoms with Crippen LogP contribution in [0.1, 0.15) is 27.8 Å². The maximum Gasteiger partial charge on any atom is 0.356 e. The summed E-state index contributed by atoms with van der Waals surface area (Å²) in [7, 11) is 1.42. The molecule has 0 unspecified atom stereocenters. The normalized spacial score (nSPS) is 10.0. The molecule has 82 valence electrons. The van der Waals surface area contributed by atoms with Crippen LogP contribution >= 0.6 is 0 Å². The molecule has 0 saturated heterocycles. The number of ether oxygens (including phenoxy) is 1. The first kappa shape index (κ1) is 11.1. The van der Waals surface area contributed by atoms with E-state index in [0.717, 1.165) is 4.57 Å². The number of carbonyl (C=O) groups excluding carboxylic acids is 1. The molecule has 0 spiro atoms. The predicted molar refractivity (Wildman–Crippen MR) is 50.0 cm³/mol. The first-order valence-corrected chi connectivity index (χ1v) is 4.27. The summed E-state index contributed by atoms with van der Waals surface area (Å²) in [6.07, 6.45) is 1.22. The van der Waals surface area contributed by atoms with Gasteiger partial charge in [0.15, 0.2) is 11.4 Å². The third-order valence-corrected chi connectivity index (χ3v) is 1.85. The Kier molecular flexibility index (Phi) is 2.99. The molecule has 0 aliphatic carbocycles. The van der Waals surface area contributed by atoms with Gasteiger partial charge in [0.05, 0.1) is 6.61 Å². The molecule has 1 rings (SSSR count). The molecule has 0 radical (unpaired) electrons. The first-order valence-electron chi connectivity index (χ1n) is 4.27. The Morgan fingerprint density at radius 1 is 1.53 bits per heavy atom. The monoisotopic (exact) mass is 213 g/mol. The Balaban J connectivity index is 3.17. The Morgan fingerprint density at radius 3 is 2.53 bits per heavy atom. The summed E-state index contributed by atoms with van der Waals surface area (Å²) in [5.74, 6) is -2.60. The van der Waals surface area contributed by atoms with Crippen molar-refractivity contribution in [2.75, 3.05) is 6.61 Å². The van der Waals surface area contributed by atoms with Gasteiger partial charge in [0, 0.05) is 13.2 Å². The molecule has 0 saturated carbocycles. The fourth-order valence-corrected chi connectivity index (χ4v) is 1.22. The van der Waals surface area contributed by atoms with Gasteiger partial charge >= 0.3 is 11.9 Å². The van der Waals surface area contributed by atoms with Crippen molar-refractivity contribution in [2.45, 2.75) is 6.92 Å². The lowest BCUT2D eigenvalue weighted by molar-refractivity contribution is 0.0523. The number of aromatic carboxylic acids is 1. The molecular weight excluding hydrogens is 202 g/mol. The molecule has 0 aliphatic rings. The number of carbonyl (C=O) groups is 2. The van der Waals surface area contributed by atoms with Gasteiger partial charge in [-0.15, -0.1) is 0 Å². The van der Waals surface area contributed by atoms with Crippen LogP contribution in [0.3, 0.4) is 0 Å². The SMILES string of the molecule is CCOC(=O)c1cn(C)c(C(=O)O)c1O. The lowest BCUT2D eigenvalue weighted by Crippen LogP contribution is -2.04. The molecule has 0 bridgehead atoms. The number of rotatable bonds is 3. The Hall–Kier alpha value is -1.98. The summed E-state index contributed by atoms with van der Waals surface area (Å²) in [6.45, 7) is 1.78. The van der Waals surface area contributed by atoms with Crippen LogP contribution in [-0.2, 0) is 11.8 Å². The standard InChI is InChI=1S/C9H11NO5/c1-3-15-9(14)5-4-10(2)6(7(5)11)8(12)13/h4,11H,3H2,1-2H3,(H,12,13). The third kappa shape index (κ3) is 1.93. The number of aromatic hydroxyl groups is 1. The van der Waals surface area contributed by atoms with E-state index in [1.54, 1.807) is 6.92 Å². The van der Waals surface area contributed by atoms with Crippen molar-refractivity contribution in [2.24, 2.45) is 7.05 Å². The number of carboxylic acid groups (broad SMARTS) is 1. The molecule has 0 fully saturated rings. The van der Waals surface area contributed by atoms with E-state index in [4.69, 9.17) is 5.11 Å². The van der Waals surface area contributed by atoms with E-state index < -0.39 is 17.7 Å². The molecule has 1 aromatic heterocycles. The smallest absolute Gasteiger partial charge is 0.356 e. The molecule has 1 heterocycles. The summed E-state index contributed by atoms with van der Waals surface area (Å²) in [5.41, 5.74) is -0.477. The van der Waals surface area contributed by atoms with Gasteiger partial charge in [-0.3, -0.25) is 0 Å². The van der Waals surface area contributed by atoms with Crippen molar-refractivity contribution in [3.05, 3.63) is 17.5 Å². The minimum atomic E-state index is -1.30. The Bertz CT molecular complexity index is 407. The Morgan fingerprint density at radius 2 is 2.13 bits per heavy atom. The van der Waals surface area contributed by atoms with Gasteiger partial charge in [-0.2, -0.15) is 0 Å². The van der Waals surface area contributed by atoms with E-state index in [1.807, 2.05) is 0 Å². The zero-order chi connectivity index (χ0) is 11.6. The molecule has 6 nitrogen and oxygen atoms in total. The maximum atomic E-state index is 11.3. The summed E-state index contributed by atoms with van der Waals surface area (Å²) >= 11 is 0. The molecule has 6 heteroatoms. The lowest BCUT2D eigenvalue weighted by atomic mass is 10.3. The fraction of sp³-hybridized carbons (Fsp3) is 0.333. The zero-order valence-electron chi connectivity index (χ0n) is 8.35. The van der Waals surface area contributed by atoms with Crippen molar-refractivity contribution in [3.63, 3.8) is 0 Å². The van der Waals surface area contributed by atoms with Crippen LogP contribution in [0.25, 0.3) is 0 Å². The number of aryl methyl sites for hydroxylation is 1. The van der Waals surface area contributed by atoms with Crippen LogP contribution in [0.2, 0.25) is 0 Å². The molecule has 1 aromatic rings. The molecule has 0 aromatic carbocycles. The van der Waals surface area contributed by atoms with Crippen molar-refractivity contribution in [1.29, 1.82) is 0 Å². The lowest BCUT2D eigenvalue weighted by Gasteiger charge is -1.98. The molecular formula is C9H11NO5. The largest absolute Gasteiger partial charge is 0.505 e. The van der Waals surface area contributed by atoms with E-state index in [1.165, 1.54) is 13.2 Å². The van der Waals surface area contributed by atoms with Gasteiger partial charge in [0.2, 0.25) is 0 Å². The predicted octanol–water partition coefficient (Wildman–Crippen LogP) is 0.606. The zero-order valence-corrected chi connectivity index (χ0v) is 8.35. The average molecular weight is 213 g/mol. The van der Waals surface area contributed by atoms with E-state index in [9.17, 15) is 14.7 Å². The molecule has 15 heavy (non-hydrogen) atoms. The molecule has 2 N–H and O–H groups in total. The van der Waals surface area contributed by atoms with Gasteiger partial charge in [-0.05, 0) is 6.92 Å². The number of carboxylic acids is 1. The van der Waals surface area contributed by atoms with Crippen LogP contribution in [-0.4, -0.2) is 33.3 Å². The minimum absolute atomic E-state index is 0.142. The van der Waals surface area contributed by atoms with E-state index in [-0.39, 0.29) is 17.9 Å². The van der Waals surface area contributed by atoms with Gasteiger partial charge in [-0.1, -0.05) is 0 Å². The van der Waals surface area contributed by atoms with E-state index in [2.05, 4.69) is 4.74 Å². The van der Waals surface area contributed by atoms with Gasteiger partial charge in [-0.25, -0.2) is 9.59 Å². The summed E-state index contributed by atoms with van der Waals surface area (Å²) < 4.78 is 5.81. The second-order valence-electron chi connectivity index (χ2n) is 2.88. The quantitative estimate of drug-likeness (QED) is 0.718. The number of nitrogens with zero attached hydrogens (tertiary/aromatic N) is 1. The summed E-state index contributed by atoms with van der Waals surface area (Å²) in [5, 5.41) is 18.2.